The highest BCUT2D eigenvalue weighted by Gasteiger charge is 2.63. The highest BCUT2D eigenvalue weighted by molar-refractivity contribution is 8.01. The van der Waals surface area contributed by atoms with Crippen molar-refractivity contribution in [1.82, 2.24) is 30.8 Å². The molecule has 2 saturated heterocycles. The Labute approximate surface area is 153 Å². The molecule has 3 atom stereocenters. The number of hydrogen-bond acceptors (Lipinski definition) is 7. The molecule has 10 heteroatoms. The van der Waals surface area contributed by atoms with Crippen molar-refractivity contribution in [2.75, 3.05) is 7.11 Å². The van der Waals surface area contributed by atoms with Crippen LogP contribution in [-0.4, -0.2) is 60.6 Å². The number of β-lactam (4-membered cyclic amide) rings is 1. The number of ether oxygens (including phenoxy) is 1. The average Bonchev–Trinajstić information content (AvgIpc) is 3.23. The Hall–Kier alpha value is -2.62. The first-order chi connectivity index (χ1) is 12.4. The SMILES string of the molecule is COc1ccccc1C(=O)NC1C(=O)N2C1SC(C)(C)C2c1nn[nH]n1. The number of carbonyl (C=O) groups is 2. The van der Waals surface area contributed by atoms with Gasteiger partial charge in [-0.3, -0.25) is 9.59 Å². The van der Waals surface area contributed by atoms with Crippen molar-refractivity contribution in [3.8, 4) is 5.75 Å². The van der Waals surface area contributed by atoms with E-state index in [0.717, 1.165) is 0 Å². The van der Waals surface area contributed by atoms with E-state index in [2.05, 4.69) is 25.9 Å². The molecule has 0 radical (unpaired) electrons. The van der Waals surface area contributed by atoms with Gasteiger partial charge >= 0.3 is 0 Å². The number of fused-ring (bicyclic) bond motifs is 1. The summed E-state index contributed by atoms with van der Waals surface area (Å²) >= 11 is 1.62. The number of para-hydroxylation sites is 1. The van der Waals surface area contributed by atoms with Gasteiger partial charge in [0.2, 0.25) is 5.91 Å². The topological polar surface area (TPSA) is 113 Å². The number of aromatic nitrogens is 4. The van der Waals surface area contributed by atoms with Crippen molar-refractivity contribution in [3.05, 3.63) is 35.7 Å². The molecule has 1 aromatic heterocycles. The van der Waals surface area contributed by atoms with Gasteiger partial charge in [0, 0.05) is 4.75 Å². The predicted molar refractivity (Wildman–Crippen MR) is 93.5 cm³/mol. The largest absolute Gasteiger partial charge is 0.496 e. The Morgan fingerprint density at radius 2 is 2.15 bits per heavy atom. The monoisotopic (exact) mass is 374 g/mol. The van der Waals surface area contributed by atoms with E-state index in [9.17, 15) is 9.59 Å². The van der Waals surface area contributed by atoms with Crippen LogP contribution in [0.2, 0.25) is 0 Å². The molecule has 0 bridgehead atoms. The van der Waals surface area contributed by atoms with E-state index in [1.54, 1.807) is 40.9 Å². The standard InChI is InChI=1S/C16H18N6O3S/c1-16(2)11(12-18-20-21-19-12)22-14(24)10(15(22)26-16)17-13(23)8-6-4-5-7-9(8)25-3/h4-7,10-11,15H,1-3H3,(H,17,23)(H,18,19,20,21). The molecule has 4 rings (SSSR count). The van der Waals surface area contributed by atoms with Gasteiger partial charge in [-0.25, -0.2) is 0 Å². The molecule has 9 nitrogen and oxygen atoms in total. The highest BCUT2D eigenvalue weighted by atomic mass is 32.2. The lowest BCUT2D eigenvalue weighted by atomic mass is 9.95. The maximum atomic E-state index is 12.7. The van der Waals surface area contributed by atoms with Gasteiger partial charge in [-0.1, -0.05) is 17.3 Å². The minimum atomic E-state index is -0.589. The smallest absolute Gasteiger partial charge is 0.255 e. The number of methoxy groups -OCH3 is 1. The molecule has 2 fully saturated rings. The van der Waals surface area contributed by atoms with E-state index in [-0.39, 0.29) is 28.0 Å². The van der Waals surface area contributed by atoms with Crippen molar-refractivity contribution < 1.29 is 14.3 Å². The summed E-state index contributed by atoms with van der Waals surface area (Å²) in [6, 6.07) is 6.05. The Bertz CT molecular complexity index is 855. The first kappa shape index (κ1) is 16.8. The van der Waals surface area contributed by atoms with Gasteiger partial charge in [0.05, 0.1) is 12.7 Å². The van der Waals surface area contributed by atoms with Crippen LogP contribution in [-0.2, 0) is 4.79 Å². The number of H-pyrrole nitrogens is 1. The summed E-state index contributed by atoms with van der Waals surface area (Å²) in [5, 5.41) is 16.8. The van der Waals surface area contributed by atoms with Crippen molar-refractivity contribution in [1.29, 1.82) is 0 Å². The third-order valence-corrected chi connectivity index (χ3v) is 6.26. The molecule has 3 heterocycles. The summed E-state index contributed by atoms with van der Waals surface area (Å²) in [5.41, 5.74) is 0.401. The van der Waals surface area contributed by atoms with Gasteiger partial charge in [0.25, 0.3) is 5.91 Å². The van der Waals surface area contributed by atoms with Gasteiger partial charge in [-0.15, -0.1) is 22.0 Å². The summed E-state index contributed by atoms with van der Waals surface area (Å²) in [6.07, 6.45) is 0. The molecule has 2 aliphatic rings. The number of benzene rings is 1. The van der Waals surface area contributed by atoms with E-state index in [1.165, 1.54) is 7.11 Å². The van der Waals surface area contributed by atoms with Crippen molar-refractivity contribution in [2.24, 2.45) is 0 Å². The van der Waals surface area contributed by atoms with Gasteiger partial charge in [0.1, 0.15) is 23.2 Å². The van der Waals surface area contributed by atoms with Gasteiger partial charge in [-0.2, -0.15) is 5.21 Å². The Balaban J connectivity index is 1.55. The summed E-state index contributed by atoms with van der Waals surface area (Å²) in [4.78, 5) is 27.1. The second kappa shape index (κ2) is 5.97. The van der Waals surface area contributed by atoms with Crippen LogP contribution in [0.1, 0.15) is 36.1 Å². The highest BCUT2D eigenvalue weighted by Crippen LogP contribution is 2.56. The number of aromatic amines is 1. The van der Waals surface area contributed by atoms with Crippen LogP contribution in [0.25, 0.3) is 0 Å². The second-order valence-electron chi connectivity index (χ2n) is 6.68. The fourth-order valence-corrected chi connectivity index (χ4v) is 5.13. The maximum absolute atomic E-state index is 12.7. The van der Waals surface area contributed by atoms with Crippen molar-refractivity contribution in [2.45, 2.75) is 36.1 Å². The van der Waals surface area contributed by atoms with Gasteiger partial charge < -0.3 is 15.0 Å². The lowest BCUT2D eigenvalue weighted by molar-refractivity contribution is -0.148. The van der Waals surface area contributed by atoms with Crippen LogP contribution < -0.4 is 10.1 Å². The maximum Gasteiger partial charge on any atom is 0.255 e. The first-order valence-corrected chi connectivity index (χ1v) is 8.99. The molecule has 0 saturated carbocycles. The quantitative estimate of drug-likeness (QED) is 0.759. The number of thioether (sulfide) groups is 1. The molecule has 2 aromatic rings. The molecule has 0 spiro atoms. The summed E-state index contributed by atoms with van der Waals surface area (Å²) < 4.78 is 4.93. The minimum absolute atomic E-state index is 0.147. The number of nitrogens with one attached hydrogen (secondary N) is 2. The lowest BCUT2D eigenvalue weighted by Gasteiger charge is -2.44. The van der Waals surface area contributed by atoms with E-state index in [1.807, 2.05) is 13.8 Å². The zero-order valence-electron chi connectivity index (χ0n) is 14.5. The molecule has 2 amide bonds. The predicted octanol–water partition coefficient (Wildman–Crippen LogP) is 0.742. The third-order valence-electron chi connectivity index (χ3n) is 4.69. The molecule has 1 aromatic carbocycles. The molecular weight excluding hydrogens is 356 g/mol. The molecule has 3 unspecified atom stereocenters. The fraction of sp³-hybridized carbons (Fsp3) is 0.438. The number of nitrogens with zero attached hydrogens (tertiary/aromatic N) is 4. The number of rotatable bonds is 4. The Morgan fingerprint density at radius 3 is 2.85 bits per heavy atom. The number of carbonyl (C=O) groups excluding carboxylic acids is 2. The number of hydrogen-bond donors (Lipinski definition) is 2. The molecular formula is C16H18N6O3S. The Kier molecular flexibility index (Phi) is 3.87. The zero-order valence-corrected chi connectivity index (χ0v) is 15.3. The molecule has 26 heavy (non-hydrogen) atoms. The molecule has 2 N–H and O–H groups in total. The zero-order chi connectivity index (χ0) is 18.5. The molecule has 2 aliphatic heterocycles. The molecule has 136 valence electrons. The van der Waals surface area contributed by atoms with E-state index >= 15 is 0 Å². The summed E-state index contributed by atoms with van der Waals surface area (Å²) in [7, 11) is 1.51. The van der Waals surface area contributed by atoms with E-state index < -0.39 is 6.04 Å². The second-order valence-corrected chi connectivity index (χ2v) is 8.45. The fourth-order valence-electron chi connectivity index (χ4n) is 3.50. The van der Waals surface area contributed by atoms with Crippen LogP contribution in [0.3, 0.4) is 0 Å². The van der Waals surface area contributed by atoms with Crippen molar-refractivity contribution in [3.63, 3.8) is 0 Å². The van der Waals surface area contributed by atoms with Crippen LogP contribution in [0, 0.1) is 0 Å². The van der Waals surface area contributed by atoms with Crippen LogP contribution >= 0.6 is 11.8 Å². The van der Waals surface area contributed by atoms with Gasteiger partial charge in [0.15, 0.2) is 5.82 Å². The van der Waals surface area contributed by atoms with Crippen LogP contribution in [0.15, 0.2) is 24.3 Å². The van der Waals surface area contributed by atoms with Gasteiger partial charge in [-0.05, 0) is 26.0 Å². The normalized spacial score (nSPS) is 26.2. The third kappa shape index (κ3) is 2.44. The average molecular weight is 374 g/mol. The van der Waals surface area contributed by atoms with Crippen LogP contribution in [0.4, 0.5) is 0 Å². The van der Waals surface area contributed by atoms with E-state index in [0.29, 0.717) is 17.1 Å². The van der Waals surface area contributed by atoms with E-state index in [4.69, 9.17) is 4.74 Å². The van der Waals surface area contributed by atoms with Crippen LogP contribution in [0.5, 0.6) is 5.75 Å². The number of tetrazole rings is 1. The minimum Gasteiger partial charge on any atom is -0.496 e. The lowest BCUT2D eigenvalue weighted by Crippen LogP contribution is -2.67. The summed E-state index contributed by atoms with van der Waals surface area (Å²) in [6.45, 7) is 4.06. The summed E-state index contributed by atoms with van der Waals surface area (Å²) in [5.74, 6) is 0.471. The molecule has 0 aliphatic carbocycles. The Morgan fingerprint density at radius 1 is 1.38 bits per heavy atom. The number of amides is 2. The van der Waals surface area contributed by atoms with Crippen molar-refractivity contribution >= 4 is 23.6 Å². The first-order valence-electron chi connectivity index (χ1n) is 8.11.